The molecule has 0 saturated heterocycles. The highest BCUT2D eigenvalue weighted by atomic mass is 35.5. The van der Waals surface area contributed by atoms with Crippen molar-refractivity contribution in [3.05, 3.63) is 70.7 Å². The average Bonchev–Trinajstić information content (AvgIpc) is 2.46. The molecule has 4 nitrogen and oxygen atoms in total. The van der Waals surface area contributed by atoms with Crippen LogP contribution in [0.5, 0.6) is 0 Å². The van der Waals surface area contributed by atoms with E-state index in [4.69, 9.17) is 16.3 Å². The third kappa shape index (κ3) is 4.07. The van der Waals surface area contributed by atoms with Crippen LogP contribution in [0, 0.1) is 0 Å². The first kappa shape index (κ1) is 15.1. The topological polar surface area (TPSA) is 63.6 Å². The SMILES string of the molecule is O=C(O)C(C(=O)OCc1cccc(Cl)c1)c1ccccc1. The third-order valence-electron chi connectivity index (χ3n) is 2.89. The number of aliphatic carboxylic acids is 1. The molecule has 5 heteroatoms. The summed E-state index contributed by atoms with van der Waals surface area (Å²) < 4.78 is 5.08. The minimum atomic E-state index is -1.33. The standard InChI is InChI=1S/C16H13ClO4/c17-13-8-4-5-11(9-13)10-21-16(20)14(15(18)19)12-6-2-1-3-7-12/h1-9,14H,10H2,(H,18,19). The molecule has 0 aliphatic rings. The van der Waals surface area contributed by atoms with E-state index < -0.39 is 17.9 Å². The van der Waals surface area contributed by atoms with Gasteiger partial charge in [0.1, 0.15) is 6.61 Å². The summed E-state index contributed by atoms with van der Waals surface area (Å²) in [5, 5.41) is 9.75. The second-order valence-electron chi connectivity index (χ2n) is 4.42. The van der Waals surface area contributed by atoms with Gasteiger partial charge in [-0.05, 0) is 23.3 Å². The van der Waals surface area contributed by atoms with Gasteiger partial charge in [-0.1, -0.05) is 54.1 Å². The molecule has 2 rings (SSSR count). The fraction of sp³-hybridized carbons (Fsp3) is 0.125. The van der Waals surface area contributed by atoms with Crippen LogP contribution in [0.4, 0.5) is 0 Å². The molecule has 1 N–H and O–H groups in total. The van der Waals surface area contributed by atoms with Crippen molar-refractivity contribution in [2.45, 2.75) is 12.5 Å². The first-order valence-electron chi connectivity index (χ1n) is 6.27. The summed E-state index contributed by atoms with van der Waals surface area (Å²) in [5.41, 5.74) is 1.09. The average molecular weight is 305 g/mol. The van der Waals surface area contributed by atoms with Gasteiger partial charge in [0.15, 0.2) is 5.92 Å². The van der Waals surface area contributed by atoms with Gasteiger partial charge in [-0.25, -0.2) is 0 Å². The van der Waals surface area contributed by atoms with Gasteiger partial charge in [0, 0.05) is 5.02 Å². The monoisotopic (exact) mass is 304 g/mol. The van der Waals surface area contributed by atoms with Crippen LogP contribution in [-0.2, 0) is 20.9 Å². The maximum atomic E-state index is 12.0. The van der Waals surface area contributed by atoms with Gasteiger partial charge in [-0.2, -0.15) is 0 Å². The van der Waals surface area contributed by atoms with Crippen LogP contribution >= 0.6 is 11.6 Å². The molecule has 2 aromatic carbocycles. The third-order valence-corrected chi connectivity index (χ3v) is 3.12. The van der Waals surface area contributed by atoms with Gasteiger partial charge >= 0.3 is 11.9 Å². The highest BCUT2D eigenvalue weighted by Gasteiger charge is 2.29. The van der Waals surface area contributed by atoms with E-state index in [-0.39, 0.29) is 6.61 Å². The number of carbonyl (C=O) groups is 2. The molecular weight excluding hydrogens is 292 g/mol. The highest BCUT2D eigenvalue weighted by molar-refractivity contribution is 6.30. The van der Waals surface area contributed by atoms with E-state index in [0.29, 0.717) is 16.1 Å². The molecule has 0 aromatic heterocycles. The van der Waals surface area contributed by atoms with Crippen LogP contribution in [0.25, 0.3) is 0 Å². The summed E-state index contributed by atoms with van der Waals surface area (Å²) >= 11 is 5.83. The summed E-state index contributed by atoms with van der Waals surface area (Å²) in [6.07, 6.45) is 0. The van der Waals surface area contributed by atoms with E-state index >= 15 is 0 Å². The number of hydrogen-bond donors (Lipinski definition) is 1. The molecule has 0 aliphatic carbocycles. The van der Waals surface area contributed by atoms with Gasteiger partial charge in [0.25, 0.3) is 0 Å². The number of hydrogen-bond acceptors (Lipinski definition) is 3. The molecule has 0 aliphatic heterocycles. The summed E-state index contributed by atoms with van der Waals surface area (Å²) in [4.78, 5) is 23.3. The van der Waals surface area contributed by atoms with E-state index in [1.165, 1.54) is 0 Å². The zero-order valence-corrected chi connectivity index (χ0v) is 11.8. The van der Waals surface area contributed by atoms with Crippen molar-refractivity contribution in [2.24, 2.45) is 0 Å². The second-order valence-corrected chi connectivity index (χ2v) is 4.86. The molecule has 0 spiro atoms. The summed E-state index contributed by atoms with van der Waals surface area (Å²) in [6.45, 7) is -0.0179. The van der Waals surface area contributed by atoms with Crippen LogP contribution in [-0.4, -0.2) is 17.0 Å². The minimum Gasteiger partial charge on any atom is -0.480 e. The molecule has 0 saturated carbocycles. The Morgan fingerprint density at radius 1 is 1.10 bits per heavy atom. The van der Waals surface area contributed by atoms with E-state index in [0.717, 1.165) is 0 Å². The Hall–Kier alpha value is -2.33. The van der Waals surface area contributed by atoms with E-state index in [1.807, 2.05) is 0 Å². The smallest absolute Gasteiger partial charge is 0.325 e. The predicted octanol–water partition coefficient (Wildman–Crippen LogP) is 3.25. The number of esters is 1. The quantitative estimate of drug-likeness (QED) is 0.680. The van der Waals surface area contributed by atoms with Crippen LogP contribution in [0.3, 0.4) is 0 Å². The van der Waals surface area contributed by atoms with Gasteiger partial charge in [0.05, 0.1) is 0 Å². The van der Waals surface area contributed by atoms with E-state index in [9.17, 15) is 14.7 Å². The number of ether oxygens (including phenoxy) is 1. The highest BCUT2D eigenvalue weighted by Crippen LogP contribution is 2.19. The molecule has 1 atom stereocenters. The fourth-order valence-electron chi connectivity index (χ4n) is 1.89. The maximum Gasteiger partial charge on any atom is 0.325 e. The Morgan fingerprint density at radius 3 is 2.43 bits per heavy atom. The molecule has 21 heavy (non-hydrogen) atoms. The number of carbonyl (C=O) groups excluding carboxylic acids is 1. The van der Waals surface area contributed by atoms with Crippen molar-refractivity contribution in [2.75, 3.05) is 0 Å². The molecule has 108 valence electrons. The summed E-state index contributed by atoms with van der Waals surface area (Å²) in [6, 6.07) is 15.1. The molecule has 0 bridgehead atoms. The van der Waals surface area contributed by atoms with Crippen LogP contribution < -0.4 is 0 Å². The lowest BCUT2D eigenvalue weighted by Crippen LogP contribution is -2.23. The number of rotatable bonds is 5. The number of benzene rings is 2. The lowest BCUT2D eigenvalue weighted by Gasteiger charge is -2.12. The Labute approximate surface area is 126 Å². The molecule has 0 heterocycles. The fourth-order valence-corrected chi connectivity index (χ4v) is 2.10. The van der Waals surface area contributed by atoms with Crippen molar-refractivity contribution in [1.82, 2.24) is 0 Å². The first-order chi connectivity index (χ1) is 10.1. The molecule has 0 radical (unpaired) electrons. The van der Waals surface area contributed by atoms with Crippen molar-refractivity contribution in [3.8, 4) is 0 Å². The zero-order valence-electron chi connectivity index (χ0n) is 11.0. The van der Waals surface area contributed by atoms with Crippen LogP contribution in [0.2, 0.25) is 5.02 Å². The van der Waals surface area contributed by atoms with Crippen LogP contribution in [0.1, 0.15) is 17.0 Å². The summed E-state index contributed by atoms with van der Waals surface area (Å²) in [7, 11) is 0. The largest absolute Gasteiger partial charge is 0.480 e. The molecule has 0 amide bonds. The first-order valence-corrected chi connectivity index (χ1v) is 6.64. The van der Waals surface area contributed by atoms with Crippen LogP contribution in [0.15, 0.2) is 54.6 Å². The predicted molar refractivity (Wildman–Crippen MR) is 78.1 cm³/mol. The van der Waals surface area contributed by atoms with Crippen molar-refractivity contribution in [1.29, 1.82) is 0 Å². The van der Waals surface area contributed by atoms with Gasteiger partial charge in [0.2, 0.25) is 0 Å². The maximum absolute atomic E-state index is 12.0. The van der Waals surface area contributed by atoms with Gasteiger partial charge in [-0.15, -0.1) is 0 Å². The number of halogens is 1. The Bertz CT molecular complexity index is 640. The normalized spacial score (nSPS) is 11.7. The Kier molecular flexibility index (Phi) is 4.95. The Balaban J connectivity index is 2.08. The molecule has 2 aromatic rings. The zero-order chi connectivity index (χ0) is 15.2. The Morgan fingerprint density at radius 2 is 1.81 bits per heavy atom. The van der Waals surface area contributed by atoms with Crippen molar-refractivity contribution < 1.29 is 19.4 Å². The lowest BCUT2D eigenvalue weighted by atomic mass is 10.00. The lowest BCUT2D eigenvalue weighted by molar-refractivity contribution is -0.155. The molecule has 1 unspecified atom stereocenters. The van der Waals surface area contributed by atoms with Gasteiger partial charge < -0.3 is 9.84 Å². The van der Waals surface area contributed by atoms with Crippen molar-refractivity contribution in [3.63, 3.8) is 0 Å². The van der Waals surface area contributed by atoms with Crippen molar-refractivity contribution >= 4 is 23.5 Å². The van der Waals surface area contributed by atoms with E-state index in [2.05, 4.69) is 0 Å². The molecule has 0 fully saturated rings. The van der Waals surface area contributed by atoms with E-state index in [1.54, 1.807) is 54.6 Å². The van der Waals surface area contributed by atoms with Gasteiger partial charge in [-0.3, -0.25) is 9.59 Å². The summed E-state index contributed by atoms with van der Waals surface area (Å²) in [5.74, 6) is -3.36. The number of carboxylic acid groups (broad SMARTS) is 1. The second kappa shape index (κ2) is 6.90. The number of carboxylic acids is 1. The molecular formula is C16H13ClO4. The minimum absolute atomic E-state index is 0.0179.